The molecule has 0 radical (unpaired) electrons. The fourth-order valence-electron chi connectivity index (χ4n) is 3.80. The first-order valence-corrected chi connectivity index (χ1v) is 8.64. The lowest BCUT2D eigenvalue weighted by atomic mass is 9.99. The van der Waals surface area contributed by atoms with Crippen molar-refractivity contribution in [1.82, 2.24) is 5.32 Å². The molecule has 2 amide bonds. The van der Waals surface area contributed by atoms with E-state index in [-0.39, 0.29) is 12.8 Å². The number of hydrogen-bond acceptors (Lipinski definition) is 3. The number of nitrogens with one attached hydrogen (secondary N) is 2. The Bertz CT molecular complexity index is 696. The van der Waals surface area contributed by atoms with Crippen LogP contribution in [-0.4, -0.2) is 34.2 Å². The normalized spacial score (nSPS) is 16.0. The zero-order chi connectivity index (χ0) is 18.0. The van der Waals surface area contributed by atoms with Gasteiger partial charge in [-0.1, -0.05) is 6.07 Å². The first-order valence-electron chi connectivity index (χ1n) is 8.64. The van der Waals surface area contributed by atoms with Crippen molar-refractivity contribution < 1.29 is 24.6 Å². The van der Waals surface area contributed by atoms with Crippen molar-refractivity contribution in [1.29, 1.82) is 0 Å². The highest BCUT2D eigenvalue weighted by Gasteiger charge is 2.26. The summed E-state index contributed by atoms with van der Waals surface area (Å²) in [5, 5.41) is 23.1. The second-order valence-corrected chi connectivity index (χ2v) is 6.66. The van der Waals surface area contributed by atoms with Crippen LogP contribution in [0.1, 0.15) is 47.9 Å². The maximum absolute atomic E-state index is 12.3. The third-order valence-corrected chi connectivity index (χ3v) is 4.96. The highest BCUT2D eigenvalue weighted by molar-refractivity contribution is 5.94. The SMILES string of the molecule is O=C(O)CC[C@@H](NC(=O)Nc1c2c(cc3c1CCC3)CCC2)C(=O)O. The van der Waals surface area contributed by atoms with Crippen LogP contribution in [0.4, 0.5) is 10.5 Å². The molecule has 0 unspecified atom stereocenters. The largest absolute Gasteiger partial charge is 0.481 e. The smallest absolute Gasteiger partial charge is 0.326 e. The van der Waals surface area contributed by atoms with Gasteiger partial charge in [0, 0.05) is 12.1 Å². The van der Waals surface area contributed by atoms with Crippen LogP contribution in [0.15, 0.2) is 6.07 Å². The van der Waals surface area contributed by atoms with Gasteiger partial charge in [-0.25, -0.2) is 9.59 Å². The van der Waals surface area contributed by atoms with Crippen molar-refractivity contribution in [3.05, 3.63) is 28.3 Å². The van der Waals surface area contributed by atoms with Gasteiger partial charge in [-0.15, -0.1) is 0 Å². The Morgan fingerprint density at radius 2 is 1.60 bits per heavy atom. The number of hydrogen-bond donors (Lipinski definition) is 4. The number of benzene rings is 1. The lowest BCUT2D eigenvalue weighted by molar-refractivity contribution is -0.140. The van der Waals surface area contributed by atoms with Crippen molar-refractivity contribution in [3.8, 4) is 0 Å². The van der Waals surface area contributed by atoms with E-state index in [1.54, 1.807) is 0 Å². The molecule has 0 bridgehead atoms. The summed E-state index contributed by atoms with van der Waals surface area (Å²) in [5.41, 5.74) is 5.71. The molecule has 134 valence electrons. The molecule has 0 fully saturated rings. The summed E-state index contributed by atoms with van der Waals surface area (Å²) in [6, 6.07) is 0.439. The van der Waals surface area contributed by atoms with E-state index in [0.717, 1.165) is 55.3 Å². The summed E-state index contributed by atoms with van der Waals surface area (Å²) in [6.07, 6.45) is 5.51. The molecule has 3 rings (SSSR count). The van der Waals surface area contributed by atoms with E-state index in [4.69, 9.17) is 5.11 Å². The van der Waals surface area contributed by atoms with Crippen molar-refractivity contribution in [2.24, 2.45) is 0 Å². The van der Waals surface area contributed by atoms with Crippen LogP contribution < -0.4 is 10.6 Å². The molecule has 0 saturated carbocycles. The molecular weight excluding hydrogens is 324 g/mol. The number of carboxylic acids is 2. The minimum absolute atomic E-state index is 0.150. The topological polar surface area (TPSA) is 116 Å². The summed E-state index contributed by atoms with van der Waals surface area (Å²) in [5.74, 6) is -2.33. The fourth-order valence-corrected chi connectivity index (χ4v) is 3.80. The van der Waals surface area contributed by atoms with Gasteiger partial charge in [0.2, 0.25) is 0 Å². The standard InChI is InChI=1S/C18H22N2O5/c21-15(22)8-7-14(17(23)24)19-18(25)20-16-12-5-1-3-10(12)9-11-4-2-6-13(11)16/h9,14H,1-8H2,(H,21,22)(H,23,24)(H2,19,20,25)/t14-/m1/s1. The zero-order valence-electron chi connectivity index (χ0n) is 13.9. The molecule has 0 spiro atoms. The fraction of sp³-hybridized carbons (Fsp3) is 0.500. The second kappa shape index (κ2) is 7.13. The number of fused-ring (bicyclic) bond motifs is 2. The van der Waals surface area contributed by atoms with E-state index >= 15 is 0 Å². The minimum atomic E-state index is -1.24. The molecular formula is C18H22N2O5. The third-order valence-electron chi connectivity index (χ3n) is 4.96. The number of carbonyl (C=O) groups excluding carboxylic acids is 1. The van der Waals surface area contributed by atoms with Crippen LogP contribution in [0.25, 0.3) is 0 Å². The number of carbonyl (C=O) groups is 3. The van der Waals surface area contributed by atoms with E-state index in [1.807, 2.05) is 0 Å². The van der Waals surface area contributed by atoms with Crippen LogP contribution in [0, 0.1) is 0 Å². The summed E-state index contributed by atoms with van der Waals surface area (Å²) in [7, 11) is 0. The van der Waals surface area contributed by atoms with E-state index in [9.17, 15) is 19.5 Å². The molecule has 25 heavy (non-hydrogen) atoms. The average molecular weight is 346 g/mol. The molecule has 0 heterocycles. The Morgan fingerprint density at radius 1 is 1.00 bits per heavy atom. The van der Waals surface area contributed by atoms with Crippen molar-refractivity contribution in [2.75, 3.05) is 5.32 Å². The van der Waals surface area contributed by atoms with Crippen molar-refractivity contribution in [2.45, 2.75) is 57.4 Å². The summed E-state index contributed by atoms with van der Waals surface area (Å²) in [4.78, 5) is 34.2. The van der Waals surface area contributed by atoms with Gasteiger partial charge >= 0.3 is 18.0 Å². The molecule has 0 aromatic heterocycles. The number of aryl methyl sites for hydroxylation is 2. The molecule has 0 saturated heterocycles. The number of aliphatic carboxylic acids is 2. The molecule has 1 aromatic carbocycles. The van der Waals surface area contributed by atoms with Gasteiger partial charge in [0.05, 0.1) is 0 Å². The second-order valence-electron chi connectivity index (χ2n) is 6.66. The molecule has 7 nitrogen and oxygen atoms in total. The molecule has 4 N–H and O–H groups in total. The van der Waals surface area contributed by atoms with Gasteiger partial charge in [-0.05, 0) is 67.2 Å². The minimum Gasteiger partial charge on any atom is -0.481 e. The van der Waals surface area contributed by atoms with Crippen molar-refractivity contribution >= 4 is 23.7 Å². The van der Waals surface area contributed by atoms with Crippen LogP contribution in [-0.2, 0) is 35.3 Å². The molecule has 1 atom stereocenters. The predicted molar refractivity (Wildman–Crippen MR) is 90.9 cm³/mol. The number of amides is 2. The van der Waals surface area contributed by atoms with Gasteiger partial charge in [-0.3, -0.25) is 4.79 Å². The lowest BCUT2D eigenvalue weighted by Gasteiger charge is -2.18. The summed E-state index contributed by atoms with van der Waals surface area (Å²) < 4.78 is 0. The van der Waals surface area contributed by atoms with E-state index in [2.05, 4.69) is 16.7 Å². The number of rotatable bonds is 6. The van der Waals surface area contributed by atoms with Gasteiger partial charge in [0.15, 0.2) is 0 Å². The highest BCUT2D eigenvalue weighted by Crippen LogP contribution is 2.38. The van der Waals surface area contributed by atoms with Crippen LogP contribution in [0.2, 0.25) is 0 Å². The Hall–Kier alpha value is -2.57. The predicted octanol–water partition coefficient (Wildman–Crippen LogP) is 2.10. The van der Waals surface area contributed by atoms with Crippen molar-refractivity contribution in [3.63, 3.8) is 0 Å². The van der Waals surface area contributed by atoms with Gasteiger partial charge in [0.1, 0.15) is 6.04 Å². The Morgan fingerprint density at radius 3 is 2.12 bits per heavy atom. The summed E-state index contributed by atoms with van der Waals surface area (Å²) in [6.45, 7) is 0. The van der Waals surface area contributed by atoms with E-state index in [0.29, 0.717) is 0 Å². The Labute approximate surface area is 145 Å². The van der Waals surface area contributed by atoms with Crippen LogP contribution >= 0.6 is 0 Å². The van der Waals surface area contributed by atoms with Gasteiger partial charge in [0.25, 0.3) is 0 Å². The van der Waals surface area contributed by atoms with Gasteiger partial charge in [-0.2, -0.15) is 0 Å². The van der Waals surface area contributed by atoms with Crippen LogP contribution in [0.5, 0.6) is 0 Å². The maximum atomic E-state index is 12.3. The molecule has 1 aromatic rings. The first kappa shape index (κ1) is 17.3. The molecule has 2 aliphatic carbocycles. The molecule has 2 aliphatic rings. The quantitative estimate of drug-likeness (QED) is 0.629. The lowest BCUT2D eigenvalue weighted by Crippen LogP contribution is -2.43. The van der Waals surface area contributed by atoms with Gasteiger partial charge < -0.3 is 20.8 Å². The van der Waals surface area contributed by atoms with Crippen LogP contribution in [0.3, 0.4) is 0 Å². The van der Waals surface area contributed by atoms with E-state index < -0.39 is 24.0 Å². The number of urea groups is 1. The first-order chi connectivity index (χ1) is 12.0. The molecule has 7 heteroatoms. The Balaban J connectivity index is 1.75. The monoisotopic (exact) mass is 346 g/mol. The zero-order valence-corrected chi connectivity index (χ0v) is 13.9. The number of anilines is 1. The maximum Gasteiger partial charge on any atom is 0.326 e. The van der Waals surface area contributed by atoms with E-state index in [1.165, 1.54) is 11.1 Å². The molecule has 0 aliphatic heterocycles. The summed E-state index contributed by atoms with van der Waals surface area (Å²) >= 11 is 0. The third kappa shape index (κ3) is 3.75. The average Bonchev–Trinajstić information content (AvgIpc) is 3.19. The highest BCUT2D eigenvalue weighted by atomic mass is 16.4. The Kier molecular flexibility index (Phi) is 4.92. The number of carboxylic acid groups (broad SMARTS) is 2.